The molecule has 3 rings (SSSR count). The highest BCUT2D eigenvalue weighted by molar-refractivity contribution is 6.31. The van der Waals surface area contributed by atoms with Crippen LogP contribution in [0.5, 0.6) is 0 Å². The first-order valence-electron chi connectivity index (χ1n) is 9.42. The Morgan fingerprint density at radius 3 is 2.33 bits per heavy atom. The van der Waals surface area contributed by atoms with E-state index in [2.05, 4.69) is 35.8 Å². The minimum Gasteiger partial charge on any atom is -0.346 e. The van der Waals surface area contributed by atoms with E-state index in [1.807, 2.05) is 34.6 Å². The van der Waals surface area contributed by atoms with Gasteiger partial charge in [-0.1, -0.05) is 11.6 Å². The van der Waals surface area contributed by atoms with Crippen molar-refractivity contribution in [1.29, 1.82) is 0 Å². The van der Waals surface area contributed by atoms with Crippen molar-refractivity contribution in [3.05, 3.63) is 59.4 Å². The third-order valence-electron chi connectivity index (χ3n) is 4.14. The van der Waals surface area contributed by atoms with Gasteiger partial charge in [0.15, 0.2) is 5.69 Å². The number of halogens is 1. The zero-order chi connectivity index (χ0) is 21.9. The van der Waals surface area contributed by atoms with Gasteiger partial charge in [0.1, 0.15) is 0 Å². The monoisotopic (exact) mass is 425 g/mol. The predicted octanol–water partition coefficient (Wildman–Crippen LogP) is 3.86. The summed E-state index contributed by atoms with van der Waals surface area (Å²) in [5.41, 5.74) is 1.41. The number of pyridine rings is 1. The van der Waals surface area contributed by atoms with E-state index in [0.29, 0.717) is 27.8 Å². The number of carbonyl (C=O) groups is 1. The third kappa shape index (κ3) is 5.27. The molecule has 0 fully saturated rings. The molecule has 30 heavy (non-hydrogen) atoms. The summed E-state index contributed by atoms with van der Waals surface area (Å²) >= 11 is 6.27. The summed E-state index contributed by atoms with van der Waals surface area (Å²) in [5.74, 6) is 0.142. The highest BCUT2D eigenvalue weighted by Gasteiger charge is 2.25. The molecule has 1 amide bonds. The third-order valence-corrected chi connectivity index (χ3v) is 4.44. The molecule has 9 heteroatoms. The van der Waals surface area contributed by atoms with E-state index in [9.17, 15) is 4.79 Å². The van der Waals surface area contributed by atoms with E-state index in [1.54, 1.807) is 43.0 Å². The molecule has 0 radical (unpaired) electrons. The number of aromatic nitrogens is 5. The van der Waals surface area contributed by atoms with Crippen LogP contribution < -0.4 is 10.6 Å². The molecule has 8 nitrogen and oxygen atoms in total. The molecule has 0 unspecified atom stereocenters. The molecule has 3 aromatic rings. The van der Waals surface area contributed by atoms with Crippen molar-refractivity contribution < 1.29 is 4.79 Å². The number of amides is 1. The van der Waals surface area contributed by atoms with Crippen LogP contribution in [0.1, 0.15) is 50.8 Å². The van der Waals surface area contributed by atoms with Crippen molar-refractivity contribution in [2.24, 2.45) is 0 Å². The highest BCUT2D eigenvalue weighted by Crippen LogP contribution is 2.28. The number of nitrogens with zero attached hydrogens (tertiary/aromatic N) is 5. The second-order valence-electron chi connectivity index (χ2n) is 8.41. The molecule has 0 aromatic carbocycles. The quantitative estimate of drug-likeness (QED) is 0.639. The average Bonchev–Trinajstić information content (AvgIpc) is 2.67. The minimum absolute atomic E-state index is 0.232. The van der Waals surface area contributed by atoms with Gasteiger partial charge in [-0.05, 0) is 52.8 Å². The Morgan fingerprint density at radius 1 is 1.00 bits per heavy atom. The normalized spacial score (nSPS) is 11.8. The zero-order valence-electron chi connectivity index (χ0n) is 17.6. The van der Waals surface area contributed by atoms with Crippen LogP contribution in [0.2, 0.25) is 5.02 Å². The lowest BCUT2D eigenvalue weighted by molar-refractivity contribution is 0.0913. The van der Waals surface area contributed by atoms with Crippen LogP contribution in [0.3, 0.4) is 0 Å². The fraction of sp³-hybridized carbons (Fsp3) is 0.333. The Hall–Kier alpha value is -3.13. The Morgan fingerprint density at radius 2 is 1.70 bits per heavy atom. The van der Waals surface area contributed by atoms with Gasteiger partial charge in [-0.15, -0.1) is 5.10 Å². The molecule has 0 bridgehead atoms. The van der Waals surface area contributed by atoms with Gasteiger partial charge in [-0.25, -0.2) is 9.97 Å². The molecule has 0 saturated heterocycles. The number of rotatable bonds is 5. The summed E-state index contributed by atoms with van der Waals surface area (Å²) < 4.78 is 0. The van der Waals surface area contributed by atoms with Crippen LogP contribution in [0.4, 0.5) is 5.95 Å². The first-order chi connectivity index (χ1) is 14.0. The van der Waals surface area contributed by atoms with Gasteiger partial charge < -0.3 is 10.6 Å². The Balaban J connectivity index is 1.79. The summed E-state index contributed by atoms with van der Waals surface area (Å²) in [7, 11) is 0. The van der Waals surface area contributed by atoms with Crippen LogP contribution in [0.25, 0.3) is 11.1 Å². The fourth-order valence-corrected chi connectivity index (χ4v) is 3.12. The first-order valence-corrected chi connectivity index (χ1v) is 9.80. The van der Waals surface area contributed by atoms with Crippen LogP contribution in [0.15, 0.2) is 43.0 Å². The Kier molecular flexibility index (Phi) is 5.98. The number of hydrogen-bond acceptors (Lipinski definition) is 7. The van der Waals surface area contributed by atoms with Crippen molar-refractivity contribution >= 4 is 23.5 Å². The molecule has 3 heterocycles. The van der Waals surface area contributed by atoms with Crippen molar-refractivity contribution in [2.45, 2.75) is 45.7 Å². The largest absolute Gasteiger partial charge is 0.346 e. The van der Waals surface area contributed by atoms with E-state index in [4.69, 9.17) is 11.6 Å². The van der Waals surface area contributed by atoms with E-state index in [0.717, 1.165) is 0 Å². The SMILES string of the molecule is CC(C)(C)NC(=O)c1cc(-c2cnc(NC(C)(C)c3ncccc3Cl)nc2)cnn1. The van der Waals surface area contributed by atoms with E-state index >= 15 is 0 Å². The summed E-state index contributed by atoms with van der Waals surface area (Å²) in [6.45, 7) is 9.61. The summed E-state index contributed by atoms with van der Waals surface area (Å²) in [4.78, 5) is 25.5. The van der Waals surface area contributed by atoms with Gasteiger partial charge in [0.05, 0.1) is 22.5 Å². The van der Waals surface area contributed by atoms with Crippen molar-refractivity contribution in [3.63, 3.8) is 0 Å². The summed E-state index contributed by atoms with van der Waals surface area (Å²) in [6, 6.07) is 5.24. The van der Waals surface area contributed by atoms with Crippen LogP contribution in [0, 0.1) is 0 Å². The highest BCUT2D eigenvalue weighted by atomic mass is 35.5. The van der Waals surface area contributed by atoms with Gasteiger partial charge in [-0.3, -0.25) is 9.78 Å². The van der Waals surface area contributed by atoms with Crippen LogP contribution in [-0.4, -0.2) is 36.6 Å². The second kappa shape index (κ2) is 8.31. The molecule has 0 atom stereocenters. The molecular formula is C21H24ClN7O. The second-order valence-corrected chi connectivity index (χ2v) is 8.82. The lowest BCUT2D eigenvalue weighted by atomic mass is 10.00. The first kappa shape index (κ1) is 21.6. The summed E-state index contributed by atoms with van der Waals surface area (Å²) in [5, 5.41) is 14.5. The van der Waals surface area contributed by atoms with E-state index in [1.165, 1.54) is 0 Å². The van der Waals surface area contributed by atoms with Gasteiger partial charge in [-0.2, -0.15) is 5.10 Å². The molecule has 3 aromatic heterocycles. The van der Waals surface area contributed by atoms with Crippen molar-refractivity contribution in [3.8, 4) is 11.1 Å². The number of anilines is 1. The predicted molar refractivity (Wildman–Crippen MR) is 116 cm³/mol. The minimum atomic E-state index is -0.573. The Bertz CT molecular complexity index is 1050. The average molecular weight is 426 g/mol. The summed E-state index contributed by atoms with van der Waals surface area (Å²) in [6.07, 6.45) is 6.58. The van der Waals surface area contributed by atoms with Gasteiger partial charge in [0, 0.05) is 35.3 Å². The molecule has 0 aliphatic carbocycles. The Labute approximate surface area is 180 Å². The molecule has 0 aliphatic rings. The van der Waals surface area contributed by atoms with Crippen molar-refractivity contribution in [2.75, 3.05) is 5.32 Å². The zero-order valence-corrected chi connectivity index (χ0v) is 18.3. The number of hydrogen-bond donors (Lipinski definition) is 2. The molecule has 156 valence electrons. The molecular weight excluding hydrogens is 402 g/mol. The van der Waals surface area contributed by atoms with Crippen LogP contribution >= 0.6 is 11.6 Å². The van der Waals surface area contributed by atoms with Gasteiger partial charge in [0.25, 0.3) is 5.91 Å². The van der Waals surface area contributed by atoms with Gasteiger partial charge in [0.2, 0.25) is 5.95 Å². The number of nitrogens with one attached hydrogen (secondary N) is 2. The molecule has 0 saturated carbocycles. The topological polar surface area (TPSA) is 106 Å². The maximum Gasteiger partial charge on any atom is 0.272 e. The maximum absolute atomic E-state index is 12.3. The fourth-order valence-electron chi connectivity index (χ4n) is 2.77. The van der Waals surface area contributed by atoms with Gasteiger partial charge >= 0.3 is 0 Å². The smallest absolute Gasteiger partial charge is 0.272 e. The van der Waals surface area contributed by atoms with Crippen molar-refractivity contribution in [1.82, 2.24) is 30.5 Å². The molecule has 2 N–H and O–H groups in total. The lowest BCUT2D eigenvalue weighted by Gasteiger charge is -2.26. The van der Waals surface area contributed by atoms with Crippen LogP contribution in [-0.2, 0) is 5.54 Å². The van der Waals surface area contributed by atoms with E-state index in [-0.39, 0.29) is 17.1 Å². The van der Waals surface area contributed by atoms with E-state index < -0.39 is 5.54 Å². The lowest BCUT2D eigenvalue weighted by Crippen LogP contribution is -2.41. The standard InChI is InChI=1S/C21H24ClN7O/c1-20(2,3)27-18(30)16-9-13(12-26-29-16)14-10-24-19(25-11-14)28-21(4,5)17-15(22)7-6-8-23-17/h6-12H,1-5H3,(H,27,30)(H,24,25,28). The number of carbonyl (C=O) groups excluding carboxylic acids is 1. The molecule has 0 spiro atoms. The maximum atomic E-state index is 12.3. The molecule has 0 aliphatic heterocycles.